The number of aromatic nitrogens is 8. The average Bonchev–Trinajstić information content (AvgIpc) is 4.06. The Labute approximate surface area is 348 Å². The number of anilines is 4. The van der Waals surface area contributed by atoms with E-state index >= 15 is 0 Å². The fourth-order valence-electron chi connectivity index (χ4n) is 5.30. The molecule has 0 aliphatic heterocycles. The molecule has 0 bridgehead atoms. The Balaban J connectivity index is 0.000000214. The molecule has 60 heavy (non-hydrogen) atoms. The highest BCUT2D eigenvalue weighted by Gasteiger charge is 2.13. The molecule has 4 aromatic heterocycles. The van der Waals surface area contributed by atoms with Gasteiger partial charge in [-0.15, -0.1) is 20.4 Å². The molecule has 3 aromatic carbocycles. The van der Waals surface area contributed by atoms with Gasteiger partial charge in [0.2, 0.25) is 40.6 Å². The number of nitrogen functional groups attached to an aromatic ring is 2. The van der Waals surface area contributed by atoms with Gasteiger partial charge in [-0.05, 0) is 54.0 Å². The third-order valence-electron chi connectivity index (χ3n) is 8.05. The van der Waals surface area contributed by atoms with Crippen LogP contribution in [0, 0.1) is 0 Å². The lowest BCUT2D eigenvalue weighted by Gasteiger charge is -2.00. The Morgan fingerprint density at radius 2 is 0.767 bits per heavy atom. The van der Waals surface area contributed by atoms with Crippen molar-refractivity contribution in [1.29, 1.82) is 0 Å². The molecule has 0 fully saturated rings. The summed E-state index contributed by atoms with van der Waals surface area (Å²) in [5.74, 6) is 1.53. The van der Waals surface area contributed by atoms with Gasteiger partial charge in [-0.25, -0.2) is 0 Å². The number of aryl methyl sites for hydroxylation is 4. The van der Waals surface area contributed by atoms with Crippen molar-refractivity contribution in [3.05, 3.63) is 131 Å². The Morgan fingerprint density at radius 3 is 1.08 bits per heavy atom. The number of rotatable bonds is 18. The van der Waals surface area contributed by atoms with E-state index < -0.39 is 0 Å². The summed E-state index contributed by atoms with van der Waals surface area (Å²) in [5.41, 5.74) is 13.3. The van der Waals surface area contributed by atoms with E-state index in [4.69, 9.17) is 40.7 Å². The molecule has 20 heteroatoms. The van der Waals surface area contributed by atoms with Gasteiger partial charge in [0.15, 0.2) is 0 Å². The molecule has 0 atom stereocenters. The normalized spacial score (nSPS) is 10.5. The van der Waals surface area contributed by atoms with Crippen LogP contribution in [0.15, 0.2) is 109 Å². The standard InChI is InChI=1S/C24H24N6O4.C8H7ClO.C8H12N6O2/c31-19(15-17-9-3-1-4-10-17)25-23-29-27-21(33-23)13-7-8-14-22-28-30-24(34-22)26-20(32)16-18-11-5-2-6-12-18;9-8(10)6-7-4-2-1-3-5-7;9-7-13-11-5(15-7)3-1-2-4-6-12-14-8(10)16-6/h1-6,9-12H,7-8,13-16H2,(H,25,29,31)(H,26,30,32);1-5H,6H2;1-4H2,(H2,9,13)(H2,10,14). The van der Waals surface area contributed by atoms with Gasteiger partial charge in [-0.3, -0.25) is 25.0 Å². The highest BCUT2D eigenvalue weighted by Crippen LogP contribution is 2.14. The van der Waals surface area contributed by atoms with Crippen LogP contribution in [-0.2, 0) is 59.3 Å². The SMILES string of the molecule is Nc1nnc(CCCCc2nnc(N)o2)o1.O=C(Cc1ccccc1)Nc1nnc(CCCCc2nnc(NC(=O)Cc3ccccc3)o2)o1.O=C(Cl)Cc1ccccc1. The molecule has 6 N–H and O–H groups in total. The lowest BCUT2D eigenvalue weighted by molar-refractivity contribution is -0.116. The van der Waals surface area contributed by atoms with E-state index in [-0.39, 0.29) is 54.0 Å². The molecule has 7 rings (SSSR count). The minimum atomic E-state index is -0.314. The number of carbonyl (C=O) groups is 3. The van der Waals surface area contributed by atoms with Crippen LogP contribution in [0.25, 0.3) is 0 Å². The number of benzene rings is 3. The van der Waals surface area contributed by atoms with Gasteiger partial charge in [-0.2, -0.15) is 0 Å². The minimum absolute atomic E-state index is 0.0868. The number of unbranched alkanes of at least 4 members (excludes halogenated alkanes) is 2. The zero-order chi connectivity index (χ0) is 42.4. The summed E-state index contributed by atoms with van der Waals surface area (Å²) < 4.78 is 21.0. The first kappa shape index (κ1) is 43.8. The van der Waals surface area contributed by atoms with Crippen molar-refractivity contribution in [2.45, 2.75) is 70.6 Å². The van der Waals surface area contributed by atoms with E-state index in [1.54, 1.807) is 0 Å². The van der Waals surface area contributed by atoms with Crippen molar-refractivity contribution in [2.75, 3.05) is 22.1 Å². The summed E-state index contributed by atoms with van der Waals surface area (Å²) in [5, 5.41) is 35.2. The van der Waals surface area contributed by atoms with Crippen LogP contribution >= 0.6 is 11.6 Å². The number of hydrogen-bond donors (Lipinski definition) is 4. The molecule has 2 amide bonds. The molecule has 0 aliphatic rings. The molecule has 312 valence electrons. The molecule has 0 radical (unpaired) electrons. The molecule has 19 nitrogen and oxygen atoms in total. The summed E-state index contributed by atoms with van der Waals surface area (Å²) in [6.45, 7) is 0. The Kier molecular flexibility index (Phi) is 17.4. The second-order valence-corrected chi connectivity index (χ2v) is 13.3. The van der Waals surface area contributed by atoms with Crippen LogP contribution in [0.4, 0.5) is 24.1 Å². The Bertz CT molecular complexity index is 2200. The van der Waals surface area contributed by atoms with Crippen LogP contribution in [0.3, 0.4) is 0 Å². The smallest absolute Gasteiger partial charge is 0.322 e. The number of amides is 2. The van der Waals surface area contributed by atoms with E-state index in [1.807, 2.05) is 91.0 Å². The van der Waals surface area contributed by atoms with Crippen LogP contribution in [-0.4, -0.2) is 57.8 Å². The van der Waals surface area contributed by atoms with Gasteiger partial charge in [-0.1, -0.05) is 111 Å². The summed E-state index contributed by atoms with van der Waals surface area (Å²) in [6, 6.07) is 28.6. The second kappa shape index (κ2) is 23.8. The Hall–Kier alpha value is -7.28. The number of carbonyl (C=O) groups excluding carboxylic acids is 3. The summed E-state index contributed by atoms with van der Waals surface area (Å²) in [6.07, 6.45) is 6.52. The van der Waals surface area contributed by atoms with Gasteiger partial charge in [0.1, 0.15) is 0 Å². The number of nitrogens with one attached hydrogen (secondary N) is 2. The third-order valence-corrected chi connectivity index (χ3v) is 8.19. The maximum Gasteiger partial charge on any atom is 0.322 e. The molecule has 7 aromatic rings. The van der Waals surface area contributed by atoms with Crippen molar-refractivity contribution in [3.63, 3.8) is 0 Å². The van der Waals surface area contributed by atoms with Crippen LogP contribution in [0.1, 0.15) is 65.9 Å². The molecule has 4 heterocycles. The monoisotopic (exact) mass is 838 g/mol. The summed E-state index contributed by atoms with van der Waals surface area (Å²) in [4.78, 5) is 34.5. The molecule has 0 saturated carbocycles. The molecule has 0 aliphatic carbocycles. The summed E-state index contributed by atoms with van der Waals surface area (Å²) in [7, 11) is 0. The summed E-state index contributed by atoms with van der Waals surface area (Å²) >= 11 is 5.17. The third kappa shape index (κ3) is 16.7. The Morgan fingerprint density at radius 1 is 0.450 bits per heavy atom. The van der Waals surface area contributed by atoms with Crippen molar-refractivity contribution in [1.82, 2.24) is 40.8 Å². The van der Waals surface area contributed by atoms with Crippen LogP contribution < -0.4 is 22.1 Å². The van der Waals surface area contributed by atoms with E-state index in [1.165, 1.54) is 0 Å². The van der Waals surface area contributed by atoms with Gasteiger partial charge in [0, 0.05) is 32.1 Å². The van der Waals surface area contributed by atoms with Gasteiger partial charge in [0.05, 0.1) is 12.8 Å². The zero-order valence-electron chi connectivity index (χ0n) is 32.4. The first-order chi connectivity index (χ1) is 29.2. The second-order valence-electron chi connectivity index (χ2n) is 12.9. The van der Waals surface area contributed by atoms with Crippen molar-refractivity contribution >= 4 is 52.7 Å². The lowest BCUT2D eigenvalue weighted by atomic mass is 10.1. The van der Waals surface area contributed by atoms with E-state index in [0.717, 1.165) is 42.4 Å². The van der Waals surface area contributed by atoms with E-state index in [2.05, 4.69) is 51.4 Å². The predicted molar refractivity (Wildman–Crippen MR) is 218 cm³/mol. The average molecular weight is 839 g/mol. The minimum Gasteiger partial charge on any atom is -0.408 e. The first-order valence-electron chi connectivity index (χ1n) is 18.9. The lowest BCUT2D eigenvalue weighted by Crippen LogP contribution is -2.14. The van der Waals surface area contributed by atoms with Gasteiger partial charge in [0.25, 0.3) is 0 Å². The van der Waals surface area contributed by atoms with E-state index in [9.17, 15) is 14.4 Å². The fraction of sp³-hybridized carbons (Fsp3) is 0.275. The molecular weight excluding hydrogens is 796 g/mol. The zero-order valence-corrected chi connectivity index (χ0v) is 33.2. The maximum atomic E-state index is 12.1. The van der Waals surface area contributed by atoms with Gasteiger partial charge < -0.3 is 29.1 Å². The fourth-order valence-corrected chi connectivity index (χ4v) is 5.45. The number of halogens is 1. The number of nitrogens with zero attached hydrogens (tertiary/aromatic N) is 8. The molecule has 0 unspecified atom stereocenters. The van der Waals surface area contributed by atoms with Crippen molar-refractivity contribution < 1.29 is 32.1 Å². The van der Waals surface area contributed by atoms with Crippen molar-refractivity contribution in [2.24, 2.45) is 0 Å². The quantitative estimate of drug-likeness (QED) is 0.0608. The van der Waals surface area contributed by atoms with Crippen LogP contribution in [0.2, 0.25) is 0 Å². The maximum absolute atomic E-state index is 12.1. The van der Waals surface area contributed by atoms with Crippen LogP contribution in [0.5, 0.6) is 0 Å². The highest BCUT2D eigenvalue weighted by atomic mass is 35.5. The van der Waals surface area contributed by atoms with Crippen molar-refractivity contribution in [3.8, 4) is 0 Å². The highest BCUT2D eigenvalue weighted by molar-refractivity contribution is 6.63. The van der Waals surface area contributed by atoms with Gasteiger partial charge >= 0.3 is 24.1 Å². The number of hydrogen-bond acceptors (Lipinski definition) is 17. The topological polar surface area (TPSA) is 283 Å². The first-order valence-corrected chi connectivity index (χ1v) is 19.2. The number of nitrogens with two attached hydrogens (primary N) is 2. The largest absolute Gasteiger partial charge is 0.408 e. The molecule has 0 spiro atoms. The van der Waals surface area contributed by atoms with E-state index in [0.29, 0.717) is 55.7 Å². The molecule has 0 saturated heterocycles. The molecular formula is C40H43ClN12O7. The predicted octanol–water partition coefficient (Wildman–Crippen LogP) is 5.56.